The molecule has 4 heterocycles. The maximum Gasteiger partial charge on any atom is 0.259 e. The van der Waals surface area contributed by atoms with Gasteiger partial charge in [-0.1, -0.05) is 6.07 Å². The van der Waals surface area contributed by atoms with Crippen molar-refractivity contribution in [3.8, 4) is 11.5 Å². The second kappa shape index (κ2) is 8.64. The highest BCUT2D eigenvalue weighted by Gasteiger charge is 2.18. The average Bonchev–Trinajstić information content (AvgIpc) is 3.16. The Morgan fingerprint density at radius 1 is 1.37 bits per heavy atom. The van der Waals surface area contributed by atoms with Crippen molar-refractivity contribution in [1.82, 2.24) is 19.9 Å². The first-order chi connectivity index (χ1) is 14.1. The third-order valence-electron chi connectivity index (χ3n) is 5.18. The van der Waals surface area contributed by atoms with E-state index < -0.39 is 0 Å². The van der Waals surface area contributed by atoms with Crippen LogP contribution in [0.5, 0.6) is 0 Å². The van der Waals surface area contributed by atoms with Gasteiger partial charge in [0.05, 0.1) is 22.2 Å². The molecule has 156 valence electrons. The second-order valence-corrected chi connectivity index (χ2v) is 8.84. The number of hydrogen-bond acceptors (Lipinski definition) is 7. The number of pyridine rings is 1. The highest BCUT2D eigenvalue weighted by molar-refractivity contribution is 7.80. The van der Waals surface area contributed by atoms with E-state index in [2.05, 4.69) is 33.6 Å². The zero-order chi connectivity index (χ0) is 20.0. The van der Waals surface area contributed by atoms with Crippen molar-refractivity contribution in [3.05, 3.63) is 57.3 Å². The monoisotopic (exact) mass is 460 g/mol. The number of thiol groups is 1. The summed E-state index contributed by atoms with van der Waals surface area (Å²) in [6.45, 7) is 5.06. The average molecular weight is 461 g/mol. The molecule has 5 rings (SSSR count). The predicted molar refractivity (Wildman–Crippen MR) is 127 cm³/mol. The molecular weight excluding hydrogens is 440 g/mol. The minimum Gasteiger partial charge on any atom is -0.365 e. The second-order valence-electron chi connectivity index (χ2n) is 7.31. The minimum atomic E-state index is -0.142. The van der Waals surface area contributed by atoms with Crippen LogP contribution in [-0.4, -0.2) is 45.0 Å². The van der Waals surface area contributed by atoms with Crippen LogP contribution in [0, 0.1) is 6.92 Å². The lowest BCUT2D eigenvalue weighted by Crippen LogP contribution is -2.39. The van der Waals surface area contributed by atoms with E-state index in [1.54, 1.807) is 11.3 Å². The van der Waals surface area contributed by atoms with E-state index in [1.165, 1.54) is 0 Å². The normalized spacial score (nSPS) is 17.3. The van der Waals surface area contributed by atoms with Gasteiger partial charge in [-0.05, 0) is 47.0 Å². The summed E-state index contributed by atoms with van der Waals surface area (Å²) in [4.78, 5) is 27.3. The maximum atomic E-state index is 12.9. The van der Waals surface area contributed by atoms with Gasteiger partial charge in [0.1, 0.15) is 11.1 Å². The smallest absolute Gasteiger partial charge is 0.259 e. The van der Waals surface area contributed by atoms with Crippen molar-refractivity contribution in [2.45, 2.75) is 18.9 Å². The molecule has 4 aromatic rings. The van der Waals surface area contributed by atoms with Gasteiger partial charge < -0.3 is 9.72 Å². The van der Waals surface area contributed by atoms with Crippen LogP contribution >= 0.6 is 36.4 Å². The number of H-pyrrole nitrogens is 1. The van der Waals surface area contributed by atoms with Crippen molar-refractivity contribution in [2.24, 2.45) is 0 Å². The molecule has 1 aliphatic rings. The summed E-state index contributed by atoms with van der Waals surface area (Å²) in [5, 5.41) is 3.74. The zero-order valence-corrected chi connectivity index (χ0v) is 18.8. The molecule has 6 nitrogen and oxygen atoms in total. The van der Waals surface area contributed by atoms with Gasteiger partial charge in [0, 0.05) is 25.8 Å². The molecule has 0 radical (unpaired) electrons. The number of aromatic amines is 1. The van der Waals surface area contributed by atoms with Gasteiger partial charge in [0.15, 0.2) is 5.82 Å². The fourth-order valence-corrected chi connectivity index (χ4v) is 4.86. The highest BCUT2D eigenvalue weighted by Crippen LogP contribution is 2.25. The van der Waals surface area contributed by atoms with Crippen molar-refractivity contribution in [2.75, 3.05) is 19.7 Å². The number of ether oxygens (including phenoxy) is 1. The molecule has 0 spiro atoms. The summed E-state index contributed by atoms with van der Waals surface area (Å²) in [5.41, 5.74) is 3.26. The summed E-state index contributed by atoms with van der Waals surface area (Å²) >= 11 is 6.06. The highest BCUT2D eigenvalue weighted by atomic mass is 35.5. The molecule has 0 saturated carbocycles. The van der Waals surface area contributed by atoms with Gasteiger partial charge >= 0.3 is 0 Å². The number of halogens is 1. The Morgan fingerprint density at radius 3 is 3.07 bits per heavy atom. The third-order valence-corrected chi connectivity index (χ3v) is 6.36. The molecule has 1 aromatic carbocycles. The van der Waals surface area contributed by atoms with Gasteiger partial charge in [-0.15, -0.1) is 36.4 Å². The molecule has 0 aliphatic carbocycles. The van der Waals surface area contributed by atoms with E-state index in [4.69, 9.17) is 9.72 Å². The fourth-order valence-electron chi connectivity index (χ4n) is 3.78. The number of rotatable bonds is 3. The first kappa shape index (κ1) is 21.3. The number of nitrogens with one attached hydrogen (secondary N) is 1. The number of fused-ring (bicyclic) bond motifs is 2. The van der Waals surface area contributed by atoms with Gasteiger partial charge in [-0.3, -0.25) is 14.7 Å². The lowest BCUT2D eigenvalue weighted by atomic mass is 10.1. The Hall–Kier alpha value is -1.97. The Morgan fingerprint density at radius 2 is 2.23 bits per heavy atom. The van der Waals surface area contributed by atoms with Crippen LogP contribution in [0.2, 0.25) is 0 Å². The molecule has 1 atom stereocenters. The molecule has 30 heavy (non-hydrogen) atoms. The number of hydrogen-bond donors (Lipinski definition) is 2. The van der Waals surface area contributed by atoms with E-state index in [-0.39, 0.29) is 23.4 Å². The lowest BCUT2D eigenvalue weighted by molar-refractivity contribution is 0.0158. The molecule has 1 fully saturated rings. The molecular formula is C21H21ClN4O2S2. The Kier molecular flexibility index (Phi) is 6.13. The van der Waals surface area contributed by atoms with Crippen LogP contribution in [0.1, 0.15) is 11.1 Å². The lowest BCUT2D eigenvalue weighted by Gasteiger charge is -2.30. The van der Waals surface area contributed by atoms with Gasteiger partial charge in [0.2, 0.25) is 0 Å². The van der Waals surface area contributed by atoms with E-state index in [9.17, 15) is 4.79 Å². The van der Waals surface area contributed by atoms with Crippen LogP contribution in [-0.2, 0) is 11.3 Å². The Balaban J connectivity index is 0.00000218. The minimum absolute atomic E-state index is 0. The SMILES string of the molecule is Cc1cc(CN2CCOC(S)C2)cc2c(=O)[nH]c(-c3cc4ccsc4cn3)nc12.Cl. The number of thiophene rings is 1. The van der Waals surface area contributed by atoms with Crippen LogP contribution < -0.4 is 5.56 Å². The largest absolute Gasteiger partial charge is 0.365 e. The summed E-state index contributed by atoms with van der Waals surface area (Å²) in [5.74, 6) is 0.498. The molecule has 1 saturated heterocycles. The van der Waals surface area contributed by atoms with Crippen molar-refractivity contribution >= 4 is 57.4 Å². The van der Waals surface area contributed by atoms with Crippen LogP contribution in [0.4, 0.5) is 0 Å². The topological polar surface area (TPSA) is 71.1 Å². The summed E-state index contributed by atoms with van der Waals surface area (Å²) in [6.07, 6.45) is 1.83. The molecule has 1 unspecified atom stereocenters. The standard InChI is InChI=1S/C21H20N4O2S2.ClH/c1-12-6-13(10-25-3-4-27-18(28)11-25)7-15-19(12)23-20(24-21(15)26)16-8-14-2-5-29-17(14)9-22-16;/h2,5-9,18,28H,3-4,10-11H2,1H3,(H,23,24,26);1H. The first-order valence-electron chi connectivity index (χ1n) is 9.46. The molecule has 1 aliphatic heterocycles. The third kappa shape index (κ3) is 4.10. The first-order valence-corrected chi connectivity index (χ1v) is 10.9. The predicted octanol–water partition coefficient (Wildman–Crippen LogP) is 4.02. The molecule has 9 heteroatoms. The van der Waals surface area contributed by atoms with Crippen LogP contribution in [0.3, 0.4) is 0 Å². The number of benzene rings is 1. The number of morpholine rings is 1. The Bertz CT molecular complexity index is 1270. The molecule has 0 bridgehead atoms. The van der Waals surface area contributed by atoms with Gasteiger partial charge in [-0.25, -0.2) is 4.98 Å². The van der Waals surface area contributed by atoms with Crippen molar-refractivity contribution in [1.29, 1.82) is 0 Å². The van der Waals surface area contributed by atoms with Crippen LogP contribution in [0.15, 0.2) is 40.6 Å². The van der Waals surface area contributed by atoms with Gasteiger partial charge in [-0.2, -0.15) is 0 Å². The molecule has 1 N–H and O–H groups in total. The van der Waals surface area contributed by atoms with E-state index in [0.29, 0.717) is 29.0 Å². The maximum absolute atomic E-state index is 12.9. The van der Waals surface area contributed by atoms with Crippen molar-refractivity contribution in [3.63, 3.8) is 0 Å². The Labute approximate surface area is 189 Å². The summed E-state index contributed by atoms with van der Waals surface area (Å²) in [7, 11) is 0. The molecule has 0 amide bonds. The number of aryl methyl sites for hydroxylation is 1. The van der Waals surface area contributed by atoms with E-state index >= 15 is 0 Å². The van der Waals surface area contributed by atoms with Crippen molar-refractivity contribution < 1.29 is 4.74 Å². The fraction of sp³-hybridized carbons (Fsp3) is 0.286. The molecule has 3 aromatic heterocycles. The van der Waals surface area contributed by atoms with E-state index in [0.717, 1.165) is 40.8 Å². The zero-order valence-electron chi connectivity index (χ0n) is 16.3. The number of aromatic nitrogens is 3. The number of nitrogens with zero attached hydrogens (tertiary/aromatic N) is 3. The summed E-state index contributed by atoms with van der Waals surface area (Å²) < 4.78 is 6.60. The van der Waals surface area contributed by atoms with Crippen LogP contribution in [0.25, 0.3) is 32.5 Å². The quantitative estimate of drug-likeness (QED) is 0.452. The van der Waals surface area contributed by atoms with Gasteiger partial charge in [0.25, 0.3) is 5.56 Å². The van der Waals surface area contributed by atoms with E-state index in [1.807, 2.05) is 36.7 Å². The summed E-state index contributed by atoms with van der Waals surface area (Å²) in [6, 6.07) is 8.06.